The van der Waals surface area contributed by atoms with Gasteiger partial charge in [0.25, 0.3) is 0 Å². The third kappa shape index (κ3) is 4.39. The van der Waals surface area contributed by atoms with E-state index in [1.165, 1.54) is 12.1 Å². The number of carbonyl (C=O) groups is 2. The second-order valence-corrected chi connectivity index (χ2v) is 5.11. The molecule has 0 atom stereocenters. The number of aromatic hydroxyl groups is 3. The number of ketones is 1. The molecule has 7 nitrogen and oxygen atoms in total. The molecule has 4 N–H and O–H groups in total. The molecule has 0 saturated carbocycles. The SMILES string of the molecule is O=C(O)COc1cc(O)c(C(=O)CCc2cccc(O)c2)c(O)c1. The van der Waals surface area contributed by atoms with Crippen molar-refractivity contribution in [2.45, 2.75) is 12.8 Å². The summed E-state index contributed by atoms with van der Waals surface area (Å²) >= 11 is 0. The van der Waals surface area contributed by atoms with Crippen molar-refractivity contribution in [2.24, 2.45) is 0 Å². The van der Waals surface area contributed by atoms with Gasteiger partial charge in [-0.25, -0.2) is 4.79 Å². The lowest BCUT2D eigenvalue weighted by Gasteiger charge is -2.10. The van der Waals surface area contributed by atoms with Gasteiger partial charge in [-0.2, -0.15) is 0 Å². The minimum atomic E-state index is -1.21. The normalized spacial score (nSPS) is 10.3. The van der Waals surface area contributed by atoms with E-state index in [0.29, 0.717) is 6.42 Å². The van der Waals surface area contributed by atoms with Crippen LogP contribution in [0, 0.1) is 0 Å². The molecule has 0 fully saturated rings. The van der Waals surface area contributed by atoms with Gasteiger partial charge < -0.3 is 25.2 Å². The fraction of sp³-hybridized carbons (Fsp3) is 0.176. The third-order valence-electron chi connectivity index (χ3n) is 3.26. The van der Waals surface area contributed by atoms with Gasteiger partial charge in [0, 0.05) is 18.6 Å². The lowest BCUT2D eigenvalue weighted by molar-refractivity contribution is -0.139. The number of phenols is 3. The number of rotatable bonds is 7. The van der Waals surface area contributed by atoms with Crippen LogP contribution in [0.25, 0.3) is 0 Å². The number of aliphatic carboxylic acids is 1. The summed E-state index contributed by atoms with van der Waals surface area (Å²) in [5.74, 6) is -2.64. The molecular weight excluding hydrogens is 316 g/mol. The summed E-state index contributed by atoms with van der Waals surface area (Å²) in [6.45, 7) is -0.635. The van der Waals surface area contributed by atoms with Crippen LogP contribution in [0.15, 0.2) is 36.4 Å². The van der Waals surface area contributed by atoms with Crippen LogP contribution in [0.5, 0.6) is 23.0 Å². The predicted octanol–water partition coefficient (Wildman–Crippen LogP) is 2.08. The van der Waals surface area contributed by atoms with Crippen LogP contribution < -0.4 is 4.74 Å². The molecule has 0 aliphatic rings. The molecule has 126 valence electrons. The number of ether oxygens (including phenoxy) is 1. The summed E-state index contributed by atoms with van der Waals surface area (Å²) < 4.78 is 4.85. The van der Waals surface area contributed by atoms with Gasteiger partial charge in [0.15, 0.2) is 12.4 Å². The second-order valence-electron chi connectivity index (χ2n) is 5.11. The number of benzene rings is 2. The molecule has 2 aromatic carbocycles. The number of carboxylic acid groups (broad SMARTS) is 1. The standard InChI is InChI=1S/C17H16O7/c18-11-3-1-2-10(6-11)4-5-13(19)17-14(20)7-12(8-15(17)21)24-9-16(22)23/h1-3,6-8,18,20-21H,4-5,9H2,(H,22,23). The molecule has 7 heteroatoms. The number of hydrogen-bond acceptors (Lipinski definition) is 6. The highest BCUT2D eigenvalue weighted by molar-refractivity contribution is 6.01. The highest BCUT2D eigenvalue weighted by Crippen LogP contribution is 2.33. The van der Waals surface area contributed by atoms with E-state index >= 15 is 0 Å². The molecule has 0 spiro atoms. The highest BCUT2D eigenvalue weighted by atomic mass is 16.5. The van der Waals surface area contributed by atoms with Crippen LogP contribution in [-0.4, -0.2) is 38.8 Å². The number of Topliss-reactive ketones (excluding diaryl/α,β-unsaturated/α-hetero) is 1. The van der Waals surface area contributed by atoms with Gasteiger partial charge in [0.05, 0.1) is 0 Å². The quantitative estimate of drug-likeness (QED) is 0.572. The maximum Gasteiger partial charge on any atom is 0.341 e. The van der Waals surface area contributed by atoms with Crippen LogP contribution in [0.4, 0.5) is 0 Å². The Labute approximate surface area is 137 Å². The van der Waals surface area contributed by atoms with E-state index in [4.69, 9.17) is 9.84 Å². The molecule has 0 amide bonds. The first-order valence-electron chi connectivity index (χ1n) is 7.08. The van der Waals surface area contributed by atoms with E-state index < -0.39 is 29.9 Å². The number of aryl methyl sites for hydroxylation is 1. The number of phenolic OH excluding ortho intramolecular Hbond substituents is 3. The first-order chi connectivity index (χ1) is 11.4. The summed E-state index contributed by atoms with van der Waals surface area (Å²) in [5.41, 5.74) is 0.488. The van der Waals surface area contributed by atoms with Crippen LogP contribution >= 0.6 is 0 Å². The van der Waals surface area contributed by atoms with Gasteiger partial charge in [0.2, 0.25) is 0 Å². The average Bonchev–Trinajstić information content (AvgIpc) is 2.50. The Morgan fingerprint density at radius 2 is 1.67 bits per heavy atom. The monoisotopic (exact) mass is 332 g/mol. The molecule has 2 rings (SSSR count). The van der Waals surface area contributed by atoms with Gasteiger partial charge in [-0.3, -0.25) is 4.79 Å². The average molecular weight is 332 g/mol. The molecule has 0 aliphatic carbocycles. The molecule has 24 heavy (non-hydrogen) atoms. The zero-order valence-corrected chi connectivity index (χ0v) is 12.6. The van der Waals surface area contributed by atoms with E-state index in [-0.39, 0.29) is 23.5 Å². The molecule has 2 aromatic rings. The summed E-state index contributed by atoms with van der Waals surface area (Å²) in [4.78, 5) is 22.6. The smallest absolute Gasteiger partial charge is 0.341 e. The van der Waals surface area contributed by atoms with Crippen molar-refractivity contribution in [1.29, 1.82) is 0 Å². The van der Waals surface area contributed by atoms with E-state index in [1.54, 1.807) is 12.1 Å². The summed E-state index contributed by atoms with van der Waals surface area (Å²) in [6, 6.07) is 8.58. The van der Waals surface area contributed by atoms with Gasteiger partial charge in [-0.15, -0.1) is 0 Å². The van der Waals surface area contributed by atoms with Crippen molar-refractivity contribution in [2.75, 3.05) is 6.61 Å². The maximum absolute atomic E-state index is 12.2. The van der Waals surface area contributed by atoms with Crippen molar-refractivity contribution in [3.63, 3.8) is 0 Å². The second kappa shape index (κ2) is 7.36. The topological polar surface area (TPSA) is 124 Å². The maximum atomic E-state index is 12.2. The Morgan fingerprint density at radius 1 is 1.00 bits per heavy atom. The van der Waals surface area contributed by atoms with Gasteiger partial charge in [-0.1, -0.05) is 12.1 Å². The Balaban J connectivity index is 2.10. The summed E-state index contributed by atoms with van der Waals surface area (Å²) in [5, 5.41) is 37.7. The number of carboxylic acids is 1. The van der Waals surface area contributed by atoms with Crippen molar-refractivity contribution < 1.29 is 34.8 Å². The lowest BCUT2D eigenvalue weighted by atomic mass is 10.0. The fourth-order valence-corrected chi connectivity index (χ4v) is 2.20. The van der Waals surface area contributed by atoms with Crippen LogP contribution in [0.2, 0.25) is 0 Å². The molecule has 0 saturated heterocycles. The number of carbonyl (C=O) groups excluding carboxylic acids is 1. The van der Waals surface area contributed by atoms with Gasteiger partial charge >= 0.3 is 5.97 Å². The number of hydrogen-bond donors (Lipinski definition) is 4. The highest BCUT2D eigenvalue weighted by Gasteiger charge is 2.18. The first kappa shape index (κ1) is 17.1. The van der Waals surface area contributed by atoms with Gasteiger partial charge in [0.1, 0.15) is 28.6 Å². The lowest BCUT2D eigenvalue weighted by Crippen LogP contribution is -2.09. The molecule has 0 unspecified atom stereocenters. The summed E-state index contributed by atoms with van der Waals surface area (Å²) in [7, 11) is 0. The molecular formula is C17H16O7. The minimum absolute atomic E-state index is 0.0138. The Morgan fingerprint density at radius 3 is 2.25 bits per heavy atom. The molecule has 0 bridgehead atoms. The zero-order chi connectivity index (χ0) is 17.7. The largest absolute Gasteiger partial charge is 0.508 e. The first-order valence-corrected chi connectivity index (χ1v) is 7.08. The van der Waals surface area contributed by atoms with E-state index in [1.807, 2.05) is 0 Å². The molecule has 0 radical (unpaired) electrons. The Hall–Kier alpha value is -3.22. The Bertz CT molecular complexity index is 744. The Kier molecular flexibility index (Phi) is 5.26. The van der Waals surface area contributed by atoms with Gasteiger partial charge in [-0.05, 0) is 24.1 Å². The van der Waals surface area contributed by atoms with E-state index in [2.05, 4.69) is 0 Å². The molecule has 0 aliphatic heterocycles. The zero-order valence-electron chi connectivity index (χ0n) is 12.6. The van der Waals surface area contributed by atoms with Crippen LogP contribution in [0.1, 0.15) is 22.3 Å². The third-order valence-corrected chi connectivity index (χ3v) is 3.26. The minimum Gasteiger partial charge on any atom is -0.508 e. The predicted molar refractivity (Wildman–Crippen MR) is 83.7 cm³/mol. The van der Waals surface area contributed by atoms with Crippen molar-refractivity contribution in [3.8, 4) is 23.0 Å². The van der Waals surface area contributed by atoms with E-state index in [9.17, 15) is 24.9 Å². The van der Waals surface area contributed by atoms with Crippen LogP contribution in [0.3, 0.4) is 0 Å². The van der Waals surface area contributed by atoms with Crippen molar-refractivity contribution >= 4 is 11.8 Å². The molecule has 0 heterocycles. The van der Waals surface area contributed by atoms with Crippen molar-refractivity contribution in [3.05, 3.63) is 47.5 Å². The van der Waals surface area contributed by atoms with E-state index in [0.717, 1.165) is 17.7 Å². The van der Waals surface area contributed by atoms with Crippen LogP contribution in [-0.2, 0) is 11.2 Å². The fourth-order valence-electron chi connectivity index (χ4n) is 2.20. The van der Waals surface area contributed by atoms with Crippen molar-refractivity contribution in [1.82, 2.24) is 0 Å². The molecule has 0 aromatic heterocycles. The summed E-state index contributed by atoms with van der Waals surface area (Å²) in [6.07, 6.45) is 0.337.